The number of para-hydroxylation sites is 2. The van der Waals surface area contributed by atoms with Crippen molar-refractivity contribution in [2.24, 2.45) is 0 Å². The molecule has 1 aromatic rings. The molecule has 0 radical (unpaired) electrons. The Morgan fingerprint density at radius 3 is 2.35 bits per heavy atom. The lowest BCUT2D eigenvalue weighted by Gasteiger charge is -2.39. The first-order valence-electron chi connectivity index (χ1n) is 9.48. The monoisotopic (exact) mass is 357 g/mol. The summed E-state index contributed by atoms with van der Waals surface area (Å²) in [6.45, 7) is 7.14. The van der Waals surface area contributed by atoms with E-state index < -0.39 is 17.2 Å². The number of rotatable bonds is 3. The lowest BCUT2D eigenvalue weighted by Crippen LogP contribution is -2.51. The largest absolute Gasteiger partial charge is 0.433 e. The highest BCUT2D eigenvalue weighted by molar-refractivity contribution is 6.05. The zero-order chi connectivity index (χ0) is 18.5. The van der Waals surface area contributed by atoms with Gasteiger partial charge >= 0.3 is 6.09 Å². The lowest BCUT2D eigenvalue weighted by molar-refractivity contribution is -0.129. The molecule has 140 valence electrons. The van der Waals surface area contributed by atoms with E-state index in [4.69, 9.17) is 4.74 Å². The molecule has 1 N–H and O–H groups in total. The molecule has 1 aromatic carbocycles. The van der Waals surface area contributed by atoms with E-state index in [-0.39, 0.29) is 5.91 Å². The van der Waals surface area contributed by atoms with Gasteiger partial charge in [-0.15, -0.1) is 0 Å². The molecular formula is C20H27N3O3. The van der Waals surface area contributed by atoms with Crippen LogP contribution in [0.15, 0.2) is 24.3 Å². The lowest BCUT2D eigenvalue weighted by atomic mass is 10.1. The van der Waals surface area contributed by atoms with E-state index in [1.807, 2.05) is 43.9 Å². The molecule has 0 unspecified atom stereocenters. The van der Waals surface area contributed by atoms with Gasteiger partial charge in [0.1, 0.15) is 0 Å². The number of ether oxygens (including phenoxy) is 1. The van der Waals surface area contributed by atoms with E-state index in [1.165, 1.54) is 12.8 Å². The molecule has 0 saturated heterocycles. The highest BCUT2D eigenvalue weighted by Gasteiger charge is 2.57. The normalized spacial score (nSPS) is 21.0. The summed E-state index contributed by atoms with van der Waals surface area (Å²) in [4.78, 5) is 29.6. The van der Waals surface area contributed by atoms with Crippen LogP contribution in [0, 0.1) is 0 Å². The Labute approximate surface area is 154 Å². The van der Waals surface area contributed by atoms with E-state index in [0.29, 0.717) is 25.4 Å². The van der Waals surface area contributed by atoms with Crippen LogP contribution in [-0.4, -0.2) is 42.3 Å². The average molecular weight is 357 g/mol. The Balaban J connectivity index is 1.53. The Morgan fingerprint density at radius 2 is 1.77 bits per heavy atom. The van der Waals surface area contributed by atoms with Gasteiger partial charge in [-0.25, -0.2) is 4.79 Å². The first-order chi connectivity index (χ1) is 12.3. The fraction of sp³-hybridized carbons (Fsp3) is 0.600. The molecule has 26 heavy (non-hydrogen) atoms. The third-order valence-corrected chi connectivity index (χ3v) is 5.14. The Hall–Kier alpha value is -2.24. The van der Waals surface area contributed by atoms with Crippen LogP contribution in [0.3, 0.4) is 0 Å². The summed E-state index contributed by atoms with van der Waals surface area (Å²) in [5.41, 5.74) is 0.661. The molecule has 0 spiro atoms. The van der Waals surface area contributed by atoms with Crippen molar-refractivity contribution in [3.63, 3.8) is 0 Å². The molecule has 2 aliphatic carbocycles. The van der Waals surface area contributed by atoms with Gasteiger partial charge in [0.2, 0.25) is 0 Å². The van der Waals surface area contributed by atoms with Crippen molar-refractivity contribution in [3.05, 3.63) is 24.3 Å². The van der Waals surface area contributed by atoms with E-state index in [0.717, 1.165) is 17.9 Å². The number of hydrogen-bond acceptors (Lipinski definition) is 4. The fourth-order valence-corrected chi connectivity index (χ4v) is 3.59. The third kappa shape index (κ3) is 3.24. The number of alkyl carbamates (subject to hydrolysis) is 1. The van der Waals surface area contributed by atoms with Crippen molar-refractivity contribution in [1.82, 2.24) is 5.32 Å². The number of anilines is 2. The van der Waals surface area contributed by atoms with Crippen LogP contribution in [-0.2, 0) is 9.53 Å². The Morgan fingerprint density at radius 1 is 1.12 bits per heavy atom. The van der Waals surface area contributed by atoms with Crippen LogP contribution in [0.1, 0.15) is 46.5 Å². The highest BCUT2D eigenvalue weighted by atomic mass is 16.6. The molecule has 1 heterocycles. The van der Waals surface area contributed by atoms with E-state index in [2.05, 4.69) is 16.3 Å². The van der Waals surface area contributed by atoms with Crippen molar-refractivity contribution in [1.29, 1.82) is 0 Å². The van der Waals surface area contributed by atoms with E-state index >= 15 is 0 Å². The van der Waals surface area contributed by atoms with Gasteiger partial charge in [-0.2, -0.15) is 0 Å². The molecule has 4 rings (SSSR count). The van der Waals surface area contributed by atoms with Crippen LogP contribution in [0.2, 0.25) is 0 Å². The minimum atomic E-state index is -0.996. The number of carbonyl (C=O) groups excluding carboxylic acids is 2. The number of hydrogen-bond donors (Lipinski definition) is 1. The minimum Gasteiger partial charge on any atom is -0.433 e. The molecule has 0 aromatic heterocycles. The molecule has 6 nitrogen and oxygen atoms in total. The van der Waals surface area contributed by atoms with Crippen molar-refractivity contribution >= 4 is 23.4 Å². The molecule has 0 bridgehead atoms. The zero-order valence-corrected chi connectivity index (χ0v) is 15.7. The average Bonchev–Trinajstić information content (AvgIpc) is 3.46. The topological polar surface area (TPSA) is 61.9 Å². The fourth-order valence-electron chi connectivity index (χ4n) is 3.59. The second kappa shape index (κ2) is 5.89. The van der Waals surface area contributed by atoms with E-state index in [1.54, 1.807) is 0 Å². The summed E-state index contributed by atoms with van der Waals surface area (Å²) in [5.74, 6) is -0.0931. The number of nitrogens with zero attached hydrogens (tertiary/aromatic N) is 2. The van der Waals surface area contributed by atoms with Crippen LogP contribution in [0.4, 0.5) is 16.2 Å². The third-order valence-electron chi connectivity index (χ3n) is 5.14. The van der Waals surface area contributed by atoms with Gasteiger partial charge in [-0.1, -0.05) is 12.1 Å². The predicted octanol–water partition coefficient (Wildman–Crippen LogP) is 3.06. The molecule has 0 atom stereocenters. The van der Waals surface area contributed by atoms with Gasteiger partial charge in [0.15, 0.2) is 5.60 Å². The minimum absolute atomic E-state index is 0.0931. The Bertz CT molecular complexity index is 732. The van der Waals surface area contributed by atoms with Crippen molar-refractivity contribution < 1.29 is 14.3 Å². The van der Waals surface area contributed by atoms with Gasteiger partial charge in [-0.05, 0) is 45.7 Å². The number of nitrogens with one attached hydrogen (secondary N) is 1. The first kappa shape index (κ1) is 17.2. The van der Waals surface area contributed by atoms with Gasteiger partial charge in [0.25, 0.3) is 5.91 Å². The molecule has 6 heteroatoms. The summed E-state index contributed by atoms with van der Waals surface area (Å²) >= 11 is 0. The van der Waals surface area contributed by atoms with Crippen LogP contribution in [0.5, 0.6) is 0 Å². The predicted molar refractivity (Wildman–Crippen MR) is 100 cm³/mol. The standard InChI is InChI=1S/C20H27N3O3/c1-19(2,3)21-18(25)26-20(10-11-20)17(24)23-13-12-22(14-8-9-14)15-6-4-5-7-16(15)23/h4-7,14H,8-13H2,1-3H3,(H,21,25). The maximum Gasteiger partial charge on any atom is 0.408 e. The SMILES string of the molecule is CC(C)(C)NC(=O)OC1(C(=O)N2CCN(C3CC3)c3ccccc32)CC1. The number of amides is 2. The van der Waals surface area contributed by atoms with E-state index in [9.17, 15) is 9.59 Å². The van der Waals surface area contributed by atoms with Crippen molar-refractivity contribution in [2.75, 3.05) is 22.9 Å². The van der Waals surface area contributed by atoms with Crippen LogP contribution < -0.4 is 15.1 Å². The quantitative estimate of drug-likeness (QED) is 0.903. The summed E-state index contributed by atoms with van der Waals surface area (Å²) < 4.78 is 5.59. The summed E-state index contributed by atoms with van der Waals surface area (Å²) in [7, 11) is 0. The maximum atomic E-state index is 13.2. The van der Waals surface area contributed by atoms with Gasteiger partial charge in [-0.3, -0.25) is 4.79 Å². The van der Waals surface area contributed by atoms with Crippen molar-refractivity contribution in [2.45, 2.75) is 63.6 Å². The summed E-state index contributed by atoms with van der Waals surface area (Å²) in [6.07, 6.45) is 3.11. The second-order valence-corrected chi connectivity index (χ2v) is 8.63. The summed E-state index contributed by atoms with van der Waals surface area (Å²) in [6, 6.07) is 8.66. The molecule has 3 aliphatic rings. The van der Waals surface area contributed by atoms with Crippen LogP contribution in [0.25, 0.3) is 0 Å². The van der Waals surface area contributed by atoms with Gasteiger partial charge in [0, 0.05) is 37.5 Å². The molecule has 2 fully saturated rings. The highest BCUT2D eigenvalue weighted by Crippen LogP contribution is 2.46. The van der Waals surface area contributed by atoms with Gasteiger partial charge in [0.05, 0.1) is 11.4 Å². The zero-order valence-electron chi connectivity index (χ0n) is 15.7. The smallest absolute Gasteiger partial charge is 0.408 e. The first-order valence-corrected chi connectivity index (χ1v) is 9.48. The molecule has 1 aliphatic heterocycles. The molecular weight excluding hydrogens is 330 g/mol. The number of fused-ring (bicyclic) bond motifs is 1. The number of carbonyl (C=O) groups is 2. The Kier molecular flexibility index (Phi) is 3.90. The van der Waals surface area contributed by atoms with Crippen molar-refractivity contribution in [3.8, 4) is 0 Å². The molecule has 2 amide bonds. The van der Waals surface area contributed by atoms with Crippen LogP contribution >= 0.6 is 0 Å². The molecule has 2 saturated carbocycles. The number of benzene rings is 1. The maximum absolute atomic E-state index is 13.2. The van der Waals surface area contributed by atoms with Gasteiger partial charge < -0.3 is 19.9 Å². The summed E-state index contributed by atoms with van der Waals surface area (Å²) in [5, 5.41) is 2.78. The second-order valence-electron chi connectivity index (χ2n) is 8.63.